The molecular weight excluding hydrogens is 462 g/mol. The van der Waals surface area contributed by atoms with Crippen molar-refractivity contribution in [2.24, 2.45) is 16.8 Å². The Balaban J connectivity index is 1.21. The van der Waals surface area contributed by atoms with E-state index in [4.69, 9.17) is 4.74 Å². The fourth-order valence-corrected chi connectivity index (χ4v) is 7.60. The highest BCUT2D eigenvalue weighted by Crippen LogP contribution is 2.59. The van der Waals surface area contributed by atoms with E-state index in [0.29, 0.717) is 23.5 Å². The van der Waals surface area contributed by atoms with Crippen molar-refractivity contribution < 1.29 is 14.3 Å². The van der Waals surface area contributed by atoms with Crippen LogP contribution in [0.1, 0.15) is 64.9 Å². The topological polar surface area (TPSA) is 105 Å². The summed E-state index contributed by atoms with van der Waals surface area (Å²) < 4.78 is 7.21. The van der Waals surface area contributed by atoms with E-state index < -0.39 is 5.60 Å². The zero-order valence-electron chi connectivity index (χ0n) is 20.3. The predicted molar refractivity (Wildman–Crippen MR) is 136 cm³/mol. The van der Waals surface area contributed by atoms with E-state index in [1.54, 1.807) is 11.3 Å². The van der Waals surface area contributed by atoms with Gasteiger partial charge in [-0.05, 0) is 88.5 Å². The van der Waals surface area contributed by atoms with Gasteiger partial charge in [0.1, 0.15) is 11.3 Å². The molecule has 4 fully saturated rings. The highest BCUT2D eigenvalue weighted by Gasteiger charge is 2.60. The number of hydrogen-bond acceptors (Lipinski definition) is 7. The number of carbonyl (C=O) groups excluding carboxylic acids is 2. The maximum atomic E-state index is 12.7. The lowest BCUT2D eigenvalue weighted by Crippen LogP contribution is -2.67. The van der Waals surface area contributed by atoms with Gasteiger partial charge in [0.05, 0.1) is 15.7 Å². The fourth-order valence-electron chi connectivity index (χ4n) is 6.87. The first kappa shape index (κ1) is 22.5. The van der Waals surface area contributed by atoms with E-state index >= 15 is 0 Å². The molecule has 4 aliphatic carbocycles. The van der Waals surface area contributed by atoms with Gasteiger partial charge in [-0.1, -0.05) is 6.07 Å². The molecule has 7 rings (SSSR count). The Kier molecular flexibility index (Phi) is 5.01. The minimum atomic E-state index is -0.460. The Morgan fingerprint density at radius 3 is 2.74 bits per heavy atom. The Morgan fingerprint density at radius 2 is 2.00 bits per heavy atom. The number of alkyl carbamates (subject to hydrolysis) is 1. The Labute approximate surface area is 208 Å². The predicted octanol–water partition coefficient (Wildman–Crippen LogP) is 4.33. The molecule has 184 valence electrons. The molecule has 2 heterocycles. The number of benzene rings is 1. The summed E-state index contributed by atoms with van der Waals surface area (Å²) in [6.45, 7) is 5.87. The van der Waals surface area contributed by atoms with Crippen LogP contribution in [0.3, 0.4) is 0 Å². The largest absolute Gasteiger partial charge is 0.443 e. The number of ether oxygens (including phenoxy) is 1. The van der Waals surface area contributed by atoms with Crippen LogP contribution in [0, 0.1) is 11.8 Å². The molecule has 4 bridgehead atoms. The first-order valence-electron chi connectivity index (χ1n) is 12.3. The van der Waals surface area contributed by atoms with Crippen LogP contribution in [0.15, 0.2) is 34.4 Å². The van der Waals surface area contributed by atoms with E-state index in [-0.39, 0.29) is 23.1 Å². The third-order valence-corrected chi connectivity index (χ3v) is 8.32. The number of aromatic nitrogens is 1. The van der Waals surface area contributed by atoms with Crippen LogP contribution >= 0.6 is 11.3 Å². The van der Waals surface area contributed by atoms with Crippen LogP contribution in [-0.4, -0.2) is 39.6 Å². The summed E-state index contributed by atoms with van der Waals surface area (Å²) in [6.07, 6.45) is 7.22. The van der Waals surface area contributed by atoms with Crippen LogP contribution in [0.25, 0.3) is 16.3 Å². The van der Waals surface area contributed by atoms with E-state index in [9.17, 15) is 9.59 Å². The zero-order valence-corrected chi connectivity index (χ0v) is 21.1. The van der Waals surface area contributed by atoms with E-state index in [0.717, 1.165) is 47.9 Å². The standard InChI is InChI=1S/C26H31N5O3S/c1-24(2,3)31-23(33)34-26-11-16-6-17(12-26)10-25(9-16,13-26)30-22-28-19(21(32)29-22)7-15-4-5-18-20(8-15)35-14-27-18/h4-5,7-8,14,16-17H,6,9-13H2,1-3H3,(H,31,33)(H2,28,29,30,32)/b19-7-. The maximum Gasteiger partial charge on any atom is 0.408 e. The van der Waals surface area contributed by atoms with Gasteiger partial charge in [0.2, 0.25) is 5.96 Å². The Hall–Kier alpha value is -2.94. The lowest BCUT2D eigenvalue weighted by molar-refractivity contribution is -0.141. The molecule has 1 aromatic heterocycles. The van der Waals surface area contributed by atoms with Crippen molar-refractivity contribution in [2.45, 2.75) is 76.0 Å². The minimum Gasteiger partial charge on any atom is -0.443 e. The highest BCUT2D eigenvalue weighted by molar-refractivity contribution is 7.16. The van der Waals surface area contributed by atoms with Gasteiger partial charge in [0.25, 0.3) is 5.91 Å². The number of nitrogens with one attached hydrogen (secondary N) is 3. The van der Waals surface area contributed by atoms with Gasteiger partial charge in [-0.15, -0.1) is 11.3 Å². The van der Waals surface area contributed by atoms with Gasteiger partial charge in [0.15, 0.2) is 0 Å². The van der Waals surface area contributed by atoms with Gasteiger partial charge in [-0.25, -0.2) is 14.8 Å². The van der Waals surface area contributed by atoms with E-state index in [2.05, 4.69) is 25.9 Å². The van der Waals surface area contributed by atoms with Crippen LogP contribution in [0.2, 0.25) is 0 Å². The SMILES string of the molecule is CC(C)(C)NC(=O)OC12CC3CC(CC(NC4=N/C(=C\c5ccc6ncsc6c5)C(=O)N4)(C3)C1)C2. The van der Waals surface area contributed by atoms with Crippen molar-refractivity contribution in [3.05, 3.63) is 35.0 Å². The average molecular weight is 494 g/mol. The molecule has 35 heavy (non-hydrogen) atoms. The summed E-state index contributed by atoms with van der Waals surface area (Å²) in [4.78, 5) is 34.3. The number of hydrogen-bond donors (Lipinski definition) is 3. The molecule has 2 amide bonds. The Bertz CT molecular complexity index is 1260. The maximum absolute atomic E-state index is 12.7. The van der Waals surface area contributed by atoms with Gasteiger partial charge in [-0.2, -0.15) is 0 Å². The number of aliphatic imine (C=N–C) groups is 1. The van der Waals surface area contributed by atoms with E-state index in [1.807, 2.05) is 50.6 Å². The number of carbonyl (C=O) groups is 2. The Morgan fingerprint density at radius 1 is 1.23 bits per heavy atom. The molecule has 4 saturated carbocycles. The first-order chi connectivity index (χ1) is 16.6. The lowest BCUT2D eigenvalue weighted by atomic mass is 9.51. The third-order valence-electron chi connectivity index (χ3n) is 7.53. The molecule has 0 spiro atoms. The normalized spacial score (nSPS) is 32.6. The van der Waals surface area contributed by atoms with Crippen LogP contribution < -0.4 is 16.0 Å². The summed E-state index contributed by atoms with van der Waals surface area (Å²) >= 11 is 1.57. The molecule has 2 atom stereocenters. The molecule has 2 aromatic rings. The van der Waals surface area contributed by atoms with Crippen molar-refractivity contribution in [1.29, 1.82) is 0 Å². The van der Waals surface area contributed by atoms with Crippen LogP contribution in [0.5, 0.6) is 0 Å². The molecule has 2 unspecified atom stereocenters. The smallest absolute Gasteiger partial charge is 0.408 e. The summed E-state index contributed by atoms with van der Waals surface area (Å²) in [5.74, 6) is 1.29. The quantitative estimate of drug-likeness (QED) is 0.552. The summed E-state index contributed by atoms with van der Waals surface area (Å²) in [5, 5.41) is 9.47. The molecule has 8 nitrogen and oxygen atoms in total. The highest BCUT2D eigenvalue weighted by atomic mass is 32.1. The number of nitrogens with zero attached hydrogens (tertiary/aromatic N) is 2. The number of guanidine groups is 1. The van der Waals surface area contributed by atoms with Crippen molar-refractivity contribution in [3.63, 3.8) is 0 Å². The molecule has 3 N–H and O–H groups in total. The zero-order chi connectivity index (χ0) is 24.4. The number of thiazole rings is 1. The number of fused-ring (bicyclic) bond motifs is 1. The monoisotopic (exact) mass is 493 g/mol. The van der Waals surface area contributed by atoms with E-state index in [1.165, 1.54) is 6.42 Å². The fraction of sp³-hybridized carbons (Fsp3) is 0.538. The van der Waals surface area contributed by atoms with Crippen LogP contribution in [-0.2, 0) is 9.53 Å². The van der Waals surface area contributed by atoms with Gasteiger partial charge in [-0.3, -0.25) is 10.1 Å². The van der Waals surface area contributed by atoms with Gasteiger partial charge in [0, 0.05) is 17.5 Å². The second-order valence-corrected chi connectivity index (χ2v) is 12.7. The minimum absolute atomic E-state index is 0.211. The average Bonchev–Trinajstić information content (AvgIpc) is 3.30. The first-order valence-corrected chi connectivity index (χ1v) is 13.2. The molecule has 1 aliphatic heterocycles. The molecule has 1 aromatic carbocycles. The second kappa shape index (κ2) is 7.78. The lowest BCUT2D eigenvalue weighted by Gasteiger charge is -2.61. The summed E-state index contributed by atoms with van der Waals surface area (Å²) in [7, 11) is 0. The van der Waals surface area contributed by atoms with Crippen LogP contribution in [0.4, 0.5) is 4.79 Å². The summed E-state index contributed by atoms with van der Waals surface area (Å²) in [6, 6.07) is 5.93. The van der Waals surface area contributed by atoms with Crippen molar-refractivity contribution in [1.82, 2.24) is 20.9 Å². The molecule has 0 radical (unpaired) electrons. The number of amides is 2. The van der Waals surface area contributed by atoms with Gasteiger partial charge >= 0.3 is 6.09 Å². The second-order valence-electron chi connectivity index (χ2n) is 11.8. The third kappa shape index (κ3) is 4.42. The van der Waals surface area contributed by atoms with Crippen molar-refractivity contribution in [3.8, 4) is 0 Å². The van der Waals surface area contributed by atoms with Crippen molar-refractivity contribution >= 4 is 45.6 Å². The molecule has 0 saturated heterocycles. The molecule has 5 aliphatic rings. The molecular formula is C26H31N5O3S. The van der Waals surface area contributed by atoms with Gasteiger partial charge < -0.3 is 15.4 Å². The molecule has 9 heteroatoms. The van der Waals surface area contributed by atoms with Crippen molar-refractivity contribution in [2.75, 3.05) is 0 Å². The number of rotatable bonds is 3. The summed E-state index contributed by atoms with van der Waals surface area (Å²) in [5.41, 5.74) is 3.05.